The van der Waals surface area contributed by atoms with Gasteiger partial charge in [-0.1, -0.05) is 32.4 Å². The quantitative estimate of drug-likeness (QED) is 0.868. The second-order valence-corrected chi connectivity index (χ2v) is 6.39. The van der Waals surface area contributed by atoms with Crippen LogP contribution in [0.15, 0.2) is 18.2 Å². The topological polar surface area (TPSA) is 24.9 Å². The second-order valence-electron chi connectivity index (χ2n) is 4.90. The van der Waals surface area contributed by atoms with Crippen LogP contribution in [0.25, 0.3) is 10.6 Å². The van der Waals surface area contributed by atoms with Crippen LogP contribution in [0.4, 0.5) is 4.39 Å². The van der Waals surface area contributed by atoms with Gasteiger partial charge in [0, 0.05) is 23.0 Å². The maximum absolute atomic E-state index is 13.1. The van der Waals surface area contributed by atoms with Crippen molar-refractivity contribution in [2.24, 2.45) is 0 Å². The van der Waals surface area contributed by atoms with E-state index < -0.39 is 0 Å². The highest BCUT2D eigenvalue weighted by molar-refractivity contribution is 7.15. The molecule has 20 heavy (non-hydrogen) atoms. The number of nitrogens with zero attached hydrogens (tertiary/aromatic N) is 1. The van der Waals surface area contributed by atoms with E-state index in [0.29, 0.717) is 11.1 Å². The third-order valence-electron chi connectivity index (χ3n) is 2.95. The van der Waals surface area contributed by atoms with Crippen LogP contribution in [-0.2, 0) is 13.0 Å². The lowest BCUT2D eigenvalue weighted by atomic mass is 10.2. The van der Waals surface area contributed by atoms with E-state index in [9.17, 15) is 4.39 Å². The first-order valence-corrected chi connectivity index (χ1v) is 7.88. The first-order chi connectivity index (χ1) is 9.51. The van der Waals surface area contributed by atoms with Gasteiger partial charge >= 0.3 is 0 Å². The highest BCUT2D eigenvalue weighted by Gasteiger charge is 2.14. The van der Waals surface area contributed by atoms with Gasteiger partial charge in [0.2, 0.25) is 0 Å². The minimum atomic E-state index is -0.326. The predicted octanol–water partition coefficient (Wildman–Crippen LogP) is 4.66. The Bertz CT molecular complexity index is 596. The predicted molar refractivity (Wildman–Crippen MR) is 83.9 cm³/mol. The van der Waals surface area contributed by atoms with Crippen LogP contribution in [-0.4, -0.2) is 11.0 Å². The molecule has 0 aliphatic heterocycles. The van der Waals surface area contributed by atoms with Crippen molar-refractivity contribution in [2.75, 3.05) is 0 Å². The number of rotatable bonds is 5. The minimum absolute atomic E-state index is 0.326. The van der Waals surface area contributed by atoms with E-state index in [1.807, 2.05) is 0 Å². The number of halogens is 2. The number of aryl methyl sites for hydroxylation is 1. The fourth-order valence-electron chi connectivity index (χ4n) is 1.87. The van der Waals surface area contributed by atoms with Gasteiger partial charge in [0.15, 0.2) is 0 Å². The van der Waals surface area contributed by atoms with Gasteiger partial charge in [-0.15, -0.1) is 11.3 Å². The largest absolute Gasteiger partial charge is 0.310 e. The molecule has 1 N–H and O–H groups in total. The third kappa shape index (κ3) is 3.57. The molecule has 2 nitrogen and oxygen atoms in total. The molecule has 2 aromatic rings. The molecule has 108 valence electrons. The molecule has 0 radical (unpaired) electrons. The maximum atomic E-state index is 13.1. The van der Waals surface area contributed by atoms with E-state index in [4.69, 9.17) is 11.6 Å². The van der Waals surface area contributed by atoms with Crippen molar-refractivity contribution in [1.29, 1.82) is 0 Å². The first kappa shape index (κ1) is 15.4. The summed E-state index contributed by atoms with van der Waals surface area (Å²) >= 11 is 7.73. The SMILES string of the molecule is CCc1nc(-c2ccc(F)cc2Cl)sc1CNC(C)C. The Kier molecular flexibility index (Phi) is 5.13. The van der Waals surface area contributed by atoms with Crippen LogP contribution >= 0.6 is 22.9 Å². The number of hydrogen-bond donors (Lipinski definition) is 1. The molecule has 0 saturated carbocycles. The van der Waals surface area contributed by atoms with Gasteiger partial charge in [0.25, 0.3) is 0 Å². The highest BCUT2D eigenvalue weighted by atomic mass is 35.5. The Hall–Kier alpha value is -0.970. The van der Waals surface area contributed by atoms with E-state index in [2.05, 4.69) is 31.1 Å². The van der Waals surface area contributed by atoms with Gasteiger partial charge in [-0.3, -0.25) is 0 Å². The molecule has 0 aliphatic rings. The van der Waals surface area contributed by atoms with Crippen LogP contribution in [0, 0.1) is 5.82 Å². The summed E-state index contributed by atoms with van der Waals surface area (Å²) in [6.07, 6.45) is 0.879. The molecule has 0 bridgehead atoms. The lowest BCUT2D eigenvalue weighted by Crippen LogP contribution is -2.21. The van der Waals surface area contributed by atoms with Crippen LogP contribution < -0.4 is 5.32 Å². The van der Waals surface area contributed by atoms with Crippen LogP contribution in [0.2, 0.25) is 5.02 Å². The van der Waals surface area contributed by atoms with E-state index in [-0.39, 0.29) is 5.82 Å². The Balaban J connectivity index is 2.33. The van der Waals surface area contributed by atoms with Crippen molar-refractivity contribution in [1.82, 2.24) is 10.3 Å². The number of thiazole rings is 1. The summed E-state index contributed by atoms with van der Waals surface area (Å²) in [6, 6.07) is 4.87. The molecule has 1 aromatic heterocycles. The summed E-state index contributed by atoms with van der Waals surface area (Å²) in [5.74, 6) is -0.326. The summed E-state index contributed by atoms with van der Waals surface area (Å²) in [5, 5.41) is 4.66. The van der Waals surface area contributed by atoms with Crippen molar-refractivity contribution < 1.29 is 4.39 Å². The Morgan fingerprint density at radius 3 is 2.75 bits per heavy atom. The molecule has 0 unspecified atom stereocenters. The molecule has 5 heteroatoms. The van der Waals surface area contributed by atoms with E-state index in [1.165, 1.54) is 17.0 Å². The van der Waals surface area contributed by atoms with Crippen molar-refractivity contribution in [2.45, 2.75) is 39.8 Å². The monoisotopic (exact) mass is 312 g/mol. The minimum Gasteiger partial charge on any atom is -0.310 e. The summed E-state index contributed by atoms with van der Waals surface area (Å²) in [5.41, 5.74) is 1.88. The van der Waals surface area contributed by atoms with Crippen molar-refractivity contribution in [3.8, 4) is 10.6 Å². The van der Waals surface area contributed by atoms with Crippen LogP contribution in [0.3, 0.4) is 0 Å². The molecular weight excluding hydrogens is 295 g/mol. The Labute approximate surface area is 128 Å². The first-order valence-electron chi connectivity index (χ1n) is 6.68. The van der Waals surface area contributed by atoms with Gasteiger partial charge < -0.3 is 5.32 Å². The van der Waals surface area contributed by atoms with Crippen molar-refractivity contribution in [3.05, 3.63) is 39.6 Å². The molecule has 1 heterocycles. The zero-order valence-corrected chi connectivity index (χ0v) is 13.4. The summed E-state index contributed by atoms with van der Waals surface area (Å²) in [6.45, 7) is 7.12. The zero-order valence-electron chi connectivity index (χ0n) is 11.8. The van der Waals surface area contributed by atoms with Crippen LogP contribution in [0.1, 0.15) is 31.3 Å². The van der Waals surface area contributed by atoms with Gasteiger partial charge in [-0.25, -0.2) is 9.37 Å². The smallest absolute Gasteiger partial charge is 0.125 e. The fourth-order valence-corrected chi connectivity index (χ4v) is 3.33. The Morgan fingerprint density at radius 1 is 1.40 bits per heavy atom. The molecule has 0 amide bonds. The number of aromatic nitrogens is 1. The van der Waals surface area contributed by atoms with E-state index in [1.54, 1.807) is 17.4 Å². The third-order valence-corrected chi connectivity index (χ3v) is 4.39. The maximum Gasteiger partial charge on any atom is 0.125 e. The van der Waals surface area contributed by atoms with E-state index in [0.717, 1.165) is 29.2 Å². The summed E-state index contributed by atoms with van der Waals surface area (Å²) in [4.78, 5) is 5.86. The van der Waals surface area contributed by atoms with Gasteiger partial charge in [-0.2, -0.15) is 0 Å². The number of benzene rings is 1. The van der Waals surface area contributed by atoms with Crippen molar-refractivity contribution >= 4 is 22.9 Å². The van der Waals surface area contributed by atoms with Crippen molar-refractivity contribution in [3.63, 3.8) is 0 Å². The lowest BCUT2D eigenvalue weighted by molar-refractivity contribution is 0.590. The fraction of sp³-hybridized carbons (Fsp3) is 0.400. The van der Waals surface area contributed by atoms with Gasteiger partial charge in [0.1, 0.15) is 10.8 Å². The number of nitrogens with one attached hydrogen (secondary N) is 1. The zero-order chi connectivity index (χ0) is 14.7. The normalized spacial score (nSPS) is 11.3. The summed E-state index contributed by atoms with van der Waals surface area (Å²) in [7, 11) is 0. The molecule has 0 saturated heterocycles. The second kappa shape index (κ2) is 6.66. The average Bonchev–Trinajstić information content (AvgIpc) is 2.79. The number of hydrogen-bond acceptors (Lipinski definition) is 3. The highest BCUT2D eigenvalue weighted by Crippen LogP contribution is 2.33. The molecular formula is C15H18ClFN2S. The summed E-state index contributed by atoms with van der Waals surface area (Å²) < 4.78 is 13.1. The molecule has 0 fully saturated rings. The standard InChI is InChI=1S/C15H18ClFN2S/c1-4-13-14(8-18-9(2)3)20-15(19-13)11-6-5-10(17)7-12(11)16/h5-7,9,18H,4,8H2,1-3H3. The molecule has 0 atom stereocenters. The molecule has 0 spiro atoms. The Morgan fingerprint density at radius 2 is 2.15 bits per heavy atom. The van der Waals surface area contributed by atoms with E-state index >= 15 is 0 Å². The van der Waals surface area contributed by atoms with Crippen LogP contribution in [0.5, 0.6) is 0 Å². The molecule has 1 aromatic carbocycles. The molecule has 0 aliphatic carbocycles. The van der Waals surface area contributed by atoms with Gasteiger partial charge in [-0.05, 0) is 24.6 Å². The van der Waals surface area contributed by atoms with Gasteiger partial charge in [0.05, 0.1) is 10.7 Å². The lowest BCUT2D eigenvalue weighted by Gasteiger charge is -2.06. The average molecular weight is 313 g/mol. The molecule has 2 rings (SSSR count).